The molecule has 1 unspecified atom stereocenters. The van der Waals surface area contributed by atoms with Crippen LogP contribution in [0.3, 0.4) is 0 Å². The van der Waals surface area contributed by atoms with E-state index in [1.807, 2.05) is 69.3 Å². The molecule has 3 atom stereocenters. The molecule has 0 bridgehead atoms. The van der Waals surface area contributed by atoms with Crippen LogP contribution < -0.4 is 14.2 Å². The molecule has 0 amide bonds. The average Bonchev–Trinajstić information content (AvgIpc) is 2.67. The quantitative estimate of drug-likeness (QED) is 0.754. The maximum atomic E-state index is 12.7. The van der Waals surface area contributed by atoms with Gasteiger partial charge < -0.3 is 14.2 Å². The van der Waals surface area contributed by atoms with E-state index in [1.165, 1.54) is 0 Å². The molecule has 1 heterocycles. The van der Waals surface area contributed by atoms with Crippen LogP contribution in [0.1, 0.15) is 44.4 Å². The van der Waals surface area contributed by atoms with Gasteiger partial charge >= 0.3 is 0 Å². The Bertz CT molecular complexity index is 804. The Kier molecular flexibility index (Phi) is 6.75. The highest BCUT2D eigenvalue weighted by molar-refractivity contribution is 7.84. The first-order valence-electron chi connectivity index (χ1n) is 9.51. The lowest BCUT2D eigenvalue weighted by Gasteiger charge is -2.34. The molecular weight excluding hydrogens is 374 g/mol. The van der Waals surface area contributed by atoms with Crippen molar-refractivity contribution < 1.29 is 18.4 Å². The van der Waals surface area contributed by atoms with Crippen LogP contribution in [0.5, 0.6) is 11.5 Å². The number of rotatable bonds is 7. The maximum Gasteiger partial charge on any atom is 0.128 e. The molecule has 0 saturated heterocycles. The Balaban J connectivity index is 1.71. The van der Waals surface area contributed by atoms with Gasteiger partial charge in [-0.2, -0.15) is 0 Å². The van der Waals surface area contributed by atoms with Crippen LogP contribution in [0, 0.1) is 0 Å². The van der Waals surface area contributed by atoms with Crippen LogP contribution in [0.15, 0.2) is 48.5 Å². The van der Waals surface area contributed by atoms with Gasteiger partial charge in [-0.25, -0.2) is 8.93 Å². The van der Waals surface area contributed by atoms with E-state index in [0.29, 0.717) is 19.6 Å². The molecule has 1 aliphatic rings. The molecular formula is C22H29NO4S. The molecule has 6 heteroatoms. The number of fused-ring (bicyclic) bond motifs is 1. The van der Waals surface area contributed by atoms with Crippen LogP contribution in [0.2, 0.25) is 0 Å². The zero-order valence-corrected chi connectivity index (χ0v) is 17.8. The minimum absolute atomic E-state index is 0.0694. The van der Waals surface area contributed by atoms with E-state index in [2.05, 4.69) is 4.72 Å². The summed E-state index contributed by atoms with van der Waals surface area (Å²) in [6.45, 7) is 6.89. The minimum atomic E-state index is -1.18. The summed E-state index contributed by atoms with van der Waals surface area (Å²) in [7, 11) is 0.457. The van der Waals surface area contributed by atoms with E-state index in [-0.39, 0.29) is 16.9 Å². The minimum Gasteiger partial charge on any atom is -0.497 e. The Morgan fingerprint density at radius 2 is 1.93 bits per heavy atom. The molecule has 0 aromatic heterocycles. The van der Waals surface area contributed by atoms with Gasteiger partial charge in [0, 0.05) is 18.1 Å². The van der Waals surface area contributed by atoms with Crippen LogP contribution in [-0.2, 0) is 22.3 Å². The van der Waals surface area contributed by atoms with Gasteiger partial charge in [0.15, 0.2) is 0 Å². The van der Waals surface area contributed by atoms with Crippen molar-refractivity contribution in [1.29, 1.82) is 0 Å². The summed E-state index contributed by atoms with van der Waals surface area (Å²) < 4.78 is 33.0. The summed E-state index contributed by atoms with van der Waals surface area (Å²) in [6.07, 6.45) is 0.563. The molecule has 1 aliphatic heterocycles. The molecule has 5 nitrogen and oxygen atoms in total. The first-order valence-corrected chi connectivity index (χ1v) is 10.7. The van der Waals surface area contributed by atoms with Crippen LogP contribution in [-0.4, -0.2) is 28.8 Å². The van der Waals surface area contributed by atoms with Gasteiger partial charge in [0.2, 0.25) is 0 Å². The summed E-state index contributed by atoms with van der Waals surface area (Å²) in [5, 5.41) is 0. The summed E-state index contributed by atoms with van der Waals surface area (Å²) >= 11 is 0. The standard InChI is InChI=1S/C22H29NO4S/c1-22(2,3)28(24)23-20-12-18(15-26-14-16-8-6-5-7-9-16)27-21-13-17(25-4)10-11-19(20)21/h5-11,13,18,20,23H,12,14-15H2,1-4H3/t18-,20-,28?/m1/s1. The second-order valence-electron chi connectivity index (χ2n) is 7.93. The summed E-state index contributed by atoms with van der Waals surface area (Å²) in [6, 6.07) is 15.8. The van der Waals surface area contributed by atoms with Gasteiger partial charge in [-0.15, -0.1) is 0 Å². The van der Waals surface area contributed by atoms with Crippen molar-refractivity contribution in [2.75, 3.05) is 13.7 Å². The number of hydrogen-bond acceptors (Lipinski definition) is 4. The fourth-order valence-corrected chi connectivity index (χ4v) is 3.89. The monoisotopic (exact) mass is 403 g/mol. The second kappa shape index (κ2) is 9.07. The van der Waals surface area contributed by atoms with Crippen molar-refractivity contribution in [2.45, 2.75) is 50.7 Å². The Hall–Kier alpha value is -1.89. The van der Waals surface area contributed by atoms with Gasteiger partial charge in [-0.05, 0) is 32.4 Å². The summed E-state index contributed by atoms with van der Waals surface area (Å²) in [5.74, 6) is 1.49. The lowest BCUT2D eigenvalue weighted by atomic mass is 9.97. The topological polar surface area (TPSA) is 56.8 Å². The smallest absolute Gasteiger partial charge is 0.128 e. The van der Waals surface area contributed by atoms with Crippen molar-refractivity contribution in [3.05, 3.63) is 59.7 Å². The Labute approximate surface area is 170 Å². The SMILES string of the molecule is COc1ccc2c(c1)O[C@@H](COCc1ccccc1)C[C@H]2NS(=O)C(C)(C)C. The molecule has 0 fully saturated rings. The first kappa shape index (κ1) is 20.8. The van der Waals surface area contributed by atoms with Crippen molar-refractivity contribution in [2.24, 2.45) is 0 Å². The molecule has 1 N–H and O–H groups in total. The average molecular weight is 404 g/mol. The normalized spacial score (nSPS) is 20.1. The summed E-state index contributed by atoms with van der Waals surface area (Å²) in [4.78, 5) is 0. The molecule has 2 aromatic rings. The van der Waals surface area contributed by atoms with Crippen molar-refractivity contribution in [1.82, 2.24) is 4.72 Å². The molecule has 152 valence electrons. The summed E-state index contributed by atoms with van der Waals surface area (Å²) in [5.41, 5.74) is 2.13. The molecule has 0 spiro atoms. The third-order valence-corrected chi connectivity index (χ3v) is 6.22. The predicted molar refractivity (Wildman–Crippen MR) is 112 cm³/mol. The fraction of sp³-hybridized carbons (Fsp3) is 0.455. The third kappa shape index (κ3) is 5.34. The first-order chi connectivity index (χ1) is 13.4. The van der Waals surface area contributed by atoms with Gasteiger partial charge in [-0.3, -0.25) is 0 Å². The molecule has 0 aliphatic carbocycles. The molecule has 0 saturated carbocycles. The van der Waals surface area contributed by atoms with Crippen molar-refractivity contribution >= 4 is 11.0 Å². The molecule has 28 heavy (non-hydrogen) atoms. The van der Waals surface area contributed by atoms with Crippen molar-refractivity contribution in [3.63, 3.8) is 0 Å². The van der Waals surface area contributed by atoms with E-state index in [9.17, 15) is 4.21 Å². The van der Waals surface area contributed by atoms with Crippen LogP contribution in [0.25, 0.3) is 0 Å². The van der Waals surface area contributed by atoms with E-state index in [0.717, 1.165) is 22.6 Å². The fourth-order valence-electron chi connectivity index (χ4n) is 3.05. The Morgan fingerprint density at radius 1 is 1.18 bits per heavy atom. The van der Waals surface area contributed by atoms with E-state index >= 15 is 0 Å². The lowest BCUT2D eigenvalue weighted by Crippen LogP contribution is -2.40. The van der Waals surface area contributed by atoms with Gasteiger partial charge in [0.1, 0.15) is 17.6 Å². The molecule has 2 aromatic carbocycles. The van der Waals surface area contributed by atoms with Crippen molar-refractivity contribution in [3.8, 4) is 11.5 Å². The predicted octanol–water partition coefficient (Wildman–Crippen LogP) is 4.16. The number of benzene rings is 2. The molecule has 3 rings (SSSR count). The third-order valence-electron chi connectivity index (χ3n) is 4.61. The second-order valence-corrected chi connectivity index (χ2v) is 9.93. The number of methoxy groups -OCH3 is 1. The van der Waals surface area contributed by atoms with E-state index in [4.69, 9.17) is 14.2 Å². The van der Waals surface area contributed by atoms with E-state index in [1.54, 1.807) is 7.11 Å². The van der Waals surface area contributed by atoms with E-state index < -0.39 is 11.0 Å². The number of ether oxygens (including phenoxy) is 3. The highest BCUT2D eigenvalue weighted by Crippen LogP contribution is 2.38. The van der Waals surface area contributed by atoms with Crippen LogP contribution in [0.4, 0.5) is 0 Å². The Morgan fingerprint density at radius 3 is 2.61 bits per heavy atom. The number of nitrogens with one attached hydrogen (secondary N) is 1. The highest BCUT2D eigenvalue weighted by Gasteiger charge is 2.32. The maximum absolute atomic E-state index is 12.7. The lowest BCUT2D eigenvalue weighted by molar-refractivity contribution is 0.0257. The van der Waals surface area contributed by atoms with Gasteiger partial charge in [0.05, 0.1) is 42.1 Å². The number of hydrogen-bond donors (Lipinski definition) is 1. The largest absolute Gasteiger partial charge is 0.497 e. The van der Waals surface area contributed by atoms with Gasteiger partial charge in [-0.1, -0.05) is 36.4 Å². The van der Waals surface area contributed by atoms with Crippen LogP contribution >= 0.6 is 0 Å². The zero-order chi connectivity index (χ0) is 20.1. The van der Waals surface area contributed by atoms with Gasteiger partial charge in [0.25, 0.3) is 0 Å². The highest BCUT2D eigenvalue weighted by atomic mass is 32.2. The molecule has 0 radical (unpaired) electrons. The zero-order valence-electron chi connectivity index (χ0n) is 16.9.